The van der Waals surface area contributed by atoms with Crippen molar-refractivity contribution in [1.29, 1.82) is 0 Å². The molecule has 5 heteroatoms. The summed E-state index contributed by atoms with van der Waals surface area (Å²) >= 11 is 0. The summed E-state index contributed by atoms with van der Waals surface area (Å²) in [4.78, 5) is 15.2. The molecule has 0 spiro atoms. The lowest BCUT2D eigenvalue weighted by Gasteiger charge is -2.27. The molecule has 4 rings (SSSR count). The lowest BCUT2D eigenvalue weighted by atomic mass is 9.94. The van der Waals surface area contributed by atoms with Crippen LogP contribution in [0.1, 0.15) is 41.1 Å². The van der Waals surface area contributed by atoms with Crippen molar-refractivity contribution in [3.63, 3.8) is 0 Å². The quantitative estimate of drug-likeness (QED) is 0.826. The molecule has 1 saturated heterocycles. The average molecular weight is 367 g/mol. The second kappa shape index (κ2) is 7.91. The number of para-hydroxylation sites is 1. The summed E-state index contributed by atoms with van der Waals surface area (Å²) in [6.45, 7) is 2.49. The number of methoxy groups -OCH3 is 1. The minimum atomic E-state index is 0.0257. The number of nitrogens with zero attached hydrogens (tertiary/aromatic N) is 1. The Bertz CT molecular complexity index is 802. The van der Waals surface area contributed by atoms with Crippen LogP contribution in [0.15, 0.2) is 42.5 Å². The molecule has 0 aliphatic carbocycles. The van der Waals surface area contributed by atoms with Gasteiger partial charge < -0.3 is 19.1 Å². The third kappa shape index (κ3) is 3.72. The number of rotatable bonds is 3. The molecule has 1 amide bonds. The summed E-state index contributed by atoms with van der Waals surface area (Å²) in [7, 11) is 1.67. The highest BCUT2D eigenvalue weighted by atomic mass is 16.6. The number of fused-ring (bicyclic) bond motifs is 1. The molecule has 1 atom stereocenters. The van der Waals surface area contributed by atoms with Gasteiger partial charge in [-0.15, -0.1) is 0 Å². The van der Waals surface area contributed by atoms with Crippen LogP contribution in [0.3, 0.4) is 0 Å². The Kier molecular flexibility index (Phi) is 5.19. The maximum atomic E-state index is 13.3. The zero-order valence-electron chi connectivity index (χ0n) is 15.6. The molecule has 1 fully saturated rings. The average Bonchev–Trinajstić information content (AvgIpc) is 2.99. The Hall–Kier alpha value is -2.69. The van der Waals surface area contributed by atoms with E-state index in [0.717, 1.165) is 38.1 Å². The topological polar surface area (TPSA) is 48.0 Å². The highest BCUT2D eigenvalue weighted by molar-refractivity contribution is 5.98. The minimum absolute atomic E-state index is 0.0257. The molecular weight excluding hydrogens is 342 g/mol. The lowest BCUT2D eigenvalue weighted by Crippen LogP contribution is -2.34. The van der Waals surface area contributed by atoms with Crippen LogP contribution in [0.2, 0.25) is 0 Å². The molecule has 0 N–H and O–H groups in total. The van der Waals surface area contributed by atoms with Gasteiger partial charge in [-0.2, -0.15) is 0 Å². The van der Waals surface area contributed by atoms with Gasteiger partial charge in [-0.05, 0) is 42.7 Å². The first kappa shape index (κ1) is 17.7. The molecule has 27 heavy (non-hydrogen) atoms. The molecule has 2 aliphatic heterocycles. The fraction of sp³-hybridized carbons (Fsp3) is 0.409. The summed E-state index contributed by atoms with van der Waals surface area (Å²) in [5.41, 5.74) is 1.85. The van der Waals surface area contributed by atoms with Crippen molar-refractivity contribution in [2.45, 2.75) is 25.2 Å². The molecule has 142 valence electrons. The molecule has 0 radical (unpaired) electrons. The fourth-order valence-electron chi connectivity index (χ4n) is 3.89. The lowest BCUT2D eigenvalue weighted by molar-refractivity contribution is 0.0744. The van der Waals surface area contributed by atoms with E-state index in [2.05, 4.69) is 12.1 Å². The van der Waals surface area contributed by atoms with E-state index in [4.69, 9.17) is 14.2 Å². The van der Waals surface area contributed by atoms with E-state index in [1.54, 1.807) is 7.11 Å². The second-order valence-corrected chi connectivity index (χ2v) is 7.05. The smallest absolute Gasteiger partial charge is 0.257 e. The van der Waals surface area contributed by atoms with E-state index in [9.17, 15) is 4.79 Å². The van der Waals surface area contributed by atoms with Gasteiger partial charge in [0.2, 0.25) is 0 Å². The zero-order chi connectivity index (χ0) is 18.6. The largest absolute Gasteiger partial charge is 0.497 e. The van der Waals surface area contributed by atoms with Gasteiger partial charge in [0.05, 0.1) is 12.7 Å². The Morgan fingerprint density at radius 2 is 1.89 bits per heavy atom. The van der Waals surface area contributed by atoms with Crippen molar-refractivity contribution in [3.8, 4) is 17.2 Å². The van der Waals surface area contributed by atoms with Crippen LogP contribution < -0.4 is 14.2 Å². The van der Waals surface area contributed by atoms with E-state index in [1.165, 1.54) is 5.56 Å². The Morgan fingerprint density at radius 3 is 2.70 bits per heavy atom. The van der Waals surface area contributed by atoms with Gasteiger partial charge in [0.15, 0.2) is 11.5 Å². The fourth-order valence-corrected chi connectivity index (χ4v) is 3.89. The van der Waals surface area contributed by atoms with Crippen molar-refractivity contribution >= 4 is 5.91 Å². The minimum Gasteiger partial charge on any atom is -0.497 e. The van der Waals surface area contributed by atoms with Crippen LogP contribution in [0.5, 0.6) is 17.2 Å². The molecule has 2 heterocycles. The summed E-state index contributed by atoms with van der Waals surface area (Å²) in [5, 5.41) is 0. The number of hydrogen-bond acceptors (Lipinski definition) is 4. The number of likely N-dealkylation sites (tertiary alicyclic amines) is 1. The van der Waals surface area contributed by atoms with Crippen LogP contribution in [0.25, 0.3) is 0 Å². The summed E-state index contributed by atoms with van der Waals surface area (Å²) in [5.74, 6) is 2.46. The van der Waals surface area contributed by atoms with Crippen molar-refractivity contribution in [2.75, 3.05) is 33.4 Å². The standard InChI is InChI=1S/C22H25NO4/c1-25-18-10-8-16(9-11-18)17-5-2-3-12-23(15-17)22(24)19-6-4-7-20-21(19)27-14-13-26-20/h4,6-11,17H,2-3,5,12-15H2,1H3. The van der Waals surface area contributed by atoms with Gasteiger partial charge in [-0.1, -0.05) is 24.6 Å². The molecule has 0 bridgehead atoms. The maximum absolute atomic E-state index is 13.3. The van der Waals surface area contributed by atoms with Crippen molar-refractivity contribution in [1.82, 2.24) is 4.90 Å². The van der Waals surface area contributed by atoms with Crippen LogP contribution >= 0.6 is 0 Å². The van der Waals surface area contributed by atoms with Gasteiger partial charge in [-0.25, -0.2) is 0 Å². The van der Waals surface area contributed by atoms with E-state index < -0.39 is 0 Å². The monoisotopic (exact) mass is 367 g/mol. The number of benzene rings is 2. The summed E-state index contributed by atoms with van der Waals surface area (Å²) < 4.78 is 16.6. The first-order chi connectivity index (χ1) is 13.3. The third-order valence-corrected chi connectivity index (χ3v) is 5.34. The molecule has 5 nitrogen and oxygen atoms in total. The first-order valence-corrected chi connectivity index (χ1v) is 9.58. The molecule has 0 aromatic heterocycles. The zero-order valence-corrected chi connectivity index (χ0v) is 15.6. The SMILES string of the molecule is COc1ccc(C2CCCCN(C(=O)c3cccc4c3OCCO4)C2)cc1. The normalized spacial score (nSPS) is 19.3. The predicted octanol–water partition coefficient (Wildman–Crippen LogP) is 3.88. The number of amides is 1. The van der Waals surface area contributed by atoms with Crippen molar-refractivity contribution < 1.29 is 19.0 Å². The van der Waals surface area contributed by atoms with Gasteiger partial charge in [-0.3, -0.25) is 4.79 Å². The van der Waals surface area contributed by atoms with E-state index in [1.807, 2.05) is 35.2 Å². The second-order valence-electron chi connectivity index (χ2n) is 7.05. The Balaban J connectivity index is 1.56. The molecule has 2 aromatic carbocycles. The van der Waals surface area contributed by atoms with Crippen LogP contribution in [-0.4, -0.2) is 44.2 Å². The number of carbonyl (C=O) groups excluding carboxylic acids is 1. The molecule has 2 aliphatic rings. The third-order valence-electron chi connectivity index (χ3n) is 5.34. The van der Waals surface area contributed by atoms with E-state index >= 15 is 0 Å². The molecule has 0 saturated carbocycles. The van der Waals surface area contributed by atoms with E-state index in [0.29, 0.717) is 36.2 Å². The van der Waals surface area contributed by atoms with Gasteiger partial charge in [0.1, 0.15) is 19.0 Å². The van der Waals surface area contributed by atoms with Crippen LogP contribution in [0, 0.1) is 0 Å². The van der Waals surface area contributed by atoms with Crippen LogP contribution in [-0.2, 0) is 0 Å². The Labute approximate surface area is 159 Å². The Morgan fingerprint density at radius 1 is 1.07 bits per heavy atom. The van der Waals surface area contributed by atoms with Gasteiger partial charge in [0.25, 0.3) is 5.91 Å². The first-order valence-electron chi connectivity index (χ1n) is 9.58. The number of hydrogen-bond donors (Lipinski definition) is 0. The van der Waals surface area contributed by atoms with Crippen molar-refractivity contribution in [2.24, 2.45) is 0 Å². The maximum Gasteiger partial charge on any atom is 0.257 e. The molecular formula is C22H25NO4. The van der Waals surface area contributed by atoms with Gasteiger partial charge >= 0.3 is 0 Å². The molecule has 2 aromatic rings. The van der Waals surface area contributed by atoms with E-state index in [-0.39, 0.29) is 5.91 Å². The number of ether oxygens (including phenoxy) is 3. The summed E-state index contributed by atoms with van der Waals surface area (Å²) in [6, 6.07) is 13.8. The number of carbonyl (C=O) groups is 1. The summed E-state index contributed by atoms with van der Waals surface area (Å²) in [6.07, 6.45) is 3.22. The predicted molar refractivity (Wildman–Crippen MR) is 103 cm³/mol. The van der Waals surface area contributed by atoms with Crippen molar-refractivity contribution in [3.05, 3.63) is 53.6 Å². The highest BCUT2D eigenvalue weighted by Crippen LogP contribution is 2.35. The van der Waals surface area contributed by atoms with Gasteiger partial charge in [0, 0.05) is 19.0 Å². The molecule has 1 unspecified atom stereocenters. The highest BCUT2D eigenvalue weighted by Gasteiger charge is 2.28. The van der Waals surface area contributed by atoms with Crippen LogP contribution in [0.4, 0.5) is 0 Å².